The van der Waals surface area contributed by atoms with Gasteiger partial charge in [-0.3, -0.25) is 5.43 Å². The first-order valence-electron chi connectivity index (χ1n) is 6.88. The fraction of sp³-hybridized carbons (Fsp3) is 0.750. The van der Waals surface area contributed by atoms with Crippen LogP contribution in [-0.4, -0.2) is 46.1 Å². The minimum Gasteiger partial charge on any atom is -0.354 e. The van der Waals surface area contributed by atoms with Gasteiger partial charge in [-0.2, -0.15) is 26.7 Å². The average molecular weight is 299 g/mol. The van der Waals surface area contributed by atoms with Crippen LogP contribution in [0.3, 0.4) is 0 Å². The monoisotopic (exact) mass is 299 g/mol. The zero-order valence-electron chi connectivity index (χ0n) is 12.7. The molecule has 8 heteroatoms. The molecule has 4 N–H and O–H groups in total. The number of thioether (sulfide) groups is 1. The lowest BCUT2D eigenvalue weighted by molar-refractivity contribution is 0.804. The van der Waals surface area contributed by atoms with Crippen molar-refractivity contribution in [2.45, 2.75) is 32.4 Å². The van der Waals surface area contributed by atoms with Crippen LogP contribution in [0, 0.1) is 0 Å². The molecule has 0 amide bonds. The number of aromatic nitrogens is 3. The highest BCUT2D eigenvalue weighted by atomic mass is 32.2. The first-order chi connectivity index (χ1) is 9.64. The minimum atomic E-state index is 0.377. The second-order valence-electron chi connectivity index (χ2n) is 4.36. The van der Waals surface area contributed by atoms with Crippen molar-refractivity contribution in [1.29, 1.82) is 0 Å². The normalized spacial score (nSPS) is 12.1. The first-order valence-corrected chi connectivity index (χ1v) is 8.17. The van der Waals surface area contributed by atoms with Crippen LogP contribution in [0.4, 0.5) is 17.8 Å². The summed E-state index contributed by atoms with van der Waals surface area (Å²) in [5, 5.41) is 3.84. The topological polar surface area (TPSA) is 92.0 Å². The molecule has 0 aliphatic carbocycles. The number of nitrogens with one attached hydrogen (secondary N) is 2. The number of hydrazine groups is 1. The molecule has 1 aromatic heterocycles. The highest BCUT2D eigenvalue weighted by Crippen LogP contribution is 2.14. The summed E-state index contributed by atoms with van der Waals surface area (Å²) in [7, 11) is 0. The van der Waals surface area contributed by atoms with Crippen LogP contribution < -0.4 is 21.5 Å². The molecule has 1 atom stereocenters. The van der Waals surface area contributed by atoms with E-state index in [1.807, 2.05) is 11.8 Å². The molecule has 0 radical (unpaired) electrons. The molecule has 0 saturated carbocycles. The standard InChI is InChI=1S/C12H25N7S/c1-5-19(6-2)12-16-10(15-11(17-12)18-13)14-8-7-9(3)20-4/h9H,5-8,13H2,1-4H3,(H2,14,15,16,17,18). The second-order valence-corrected chi connectivity index (χ2v) is 5.64. The number of hydrogen-bond donors (Lipinski definition) is 3. The van der Waals surface area contributed by atoms with Gasteiger partial charge in [-0.1, -0.05) is 6.92 Å². The number of anilines is 3. The van der Waals surface area contributed by atoms with Crippen molar-refractivity contribution in [2.24, 2.45) is 5.84 Å². The summed E-state index contributed by atoms with van der Waals surface area (Å²) in [5.41, 5.74) is 2.49. The minimum absolute atomic E-state index is 0.377. The highest BCUT2D eigenvalue weighted by molar-refractivity contribution is 7.99. The van der Waals surface area contributed by atoms with Gasteiger partial charge in [0.25, 0.3) is 0 Å². The third kappa shape index (κ3) is 5.01. The van der Waals surface area contributed by atoms with Gasteiger partial charge in [0.2, 0.25) is 17.8 Å². The Morgan fingerprint density at radius 3 is 2.40 bits per heavy atom. The Kier molecular flexibility index (Phi) is 7.38. The van der Waals surface area contributed by atoms with Crippen LogP contribution in [0.2, 0.25) is 0 Å². The summed E-state index contributed by atoms with van der Waals surface area (Å²) in [5.74, 6) is 6.99. The van der Waals surface area contributed by atoms with Crippen LogP contribution in [0.5, 0.6) is 0 Å². The Bertz CT molecular complexity index is 397. The predicted molar refractivity (Wildman–Crippen MR) is 87.3 cm³/mol. The number of hydrogen-bond acceptors (Lipinski definition) is 8. The molecule has 1 heterocycles. The van der Waals surface area contributed by atoms with E-state index in [-0.39, 0.29) is 0 Å². The second kappa shape index (κ2) is 8.80. The largest absolute Gasteiger partial charge is 0.354 e. The zero-order chi connectivity index (χ0) is 15.0. The molecule has 114 valence electrons. The molecule has 0 fully saturated rings. The summed E-state index contributed by atoms with van der Waals surface area (Å²) < 4.78 is 0. The molecular formula is C12H25N7S. The van der Waals surface area contributed by atoms with Crippen molar-refractivity contribution in [3.8, 4) is 0 Å². The smallest absolute Gasteiger partial charge is 0.243 e. The lowest BCUT2D eigenvalue weighted by Gasteiger charge is -2.19. The Morgan fingerprint density at radius 2 is 1.85 bits per heavy atom. The maximum atomic E-state index is 5.42. The van der Waals surface area contributed by atoms with E-state index in [2.05, 4.69) is 57.6 Å². The van der Waals surface area contributed by atoms with Crippen LogP contribution >= 0.6 is 11.8 Å². The molecule has 1 rings (SSSR count). The molecule has 1 aromatic rings. The Labute approximate surface area is 125 Å². The summed E-state index contributed by atoms with van der Waals surface area (Å²) in [6.07, 6.45) is 3.17. The molecule has 1 unspecified atom stereocenters. The van der Waals surface area contributed by atoms with Crippen molar-refractivity contribution in [2.75, 3.05) is 41.5 Å². The van der Waals surface area contributed by atoms with Crippen molar-refractivity contribution in [1.82, 2.24) is 15.0 Å². The number of nitrogen functional groups attached to an aromatic ring is 1. The first kappa shape index (κ1) is 16.8. The maximum absolute atomic E-state index is 5.42. The van der Waals surface area contributed by atoms with Gasteiger partial charge in [0.05, 0.1) is 0 Å². The average Bonchev–Trinajstić information content (AvgIpc) is 2.48. The van der Waals surface area contributed by atoms with Crippen molar-refractivity contribution in [3.05, 3.63) is 0 Å². The molecule has 0 bridgehead atoms. The zero-order valence-corrected chi connectivity index (χ0v) is 13.5. The Hall–Kier alpha value is -1.28. The quantitative estimate of drug-likeness (QED) is 0.467. The van der Waals surface area contributed by atoms with E-state index in [1.54, 1.807) is 0 Å². The lowest BCUT2D eigenvalue weighted by Crippen LogP contribution is -2.26. The maximum Gasteiger partial charge on any atom is 0.243 e. The van der Waals surface area contributed by atoms with E-state index in [4.69, 9.17) is 5.84 Å². The van der Waals surface area contributed by atoms with Gasteiger partial charge < -0.3 is 10.2 Å². The number of nitrogens with zero attached hydrogens (tertiary/aromatic N) is 4. The van der Waals surface area contributed by atoms with Gasteiger partial charge in [0, 0.05) is 24.9 Å². The Morgan fingerprint density at radius 1 is 1.20 bits per heavy atom. The van der Waals surface area contributed by atoms with Crippen LogP contribution in [0.25, 0.3) is 0 Å². The molecule has 0 saturated heterocycles. The van der Waals surface area contributed by atoms with Crippen LogP contribution in [0.1, 0.15) is 27.2 Å². The fourth-order valence-electron chi connectivity index (χ4n) is 1.66. The molecule has 0 aliphatic rings. The molecule has 0 spiro atoms. The molecular weight excluding hydrogens is 274 g/mol. The third-order valence-corrected chi connectivity index (χ3v) is 4.08. The summed E-state index contributed by atoms with van der Waals surface area (Å²) in [6, 6.07) is 0. The predicted octanol–water partition coefficient (Wildman–Crippen LogP) is 1.56. The van der Waals surface area contributed by atoms with Crippen molar-refractivity contribution >= 4 is 29.6 Å². The summed E-state index contributed by atoms with van der Waals surface area (Å²) >= 11 is 1.85. The van der Waals surface area contributed by atoms with Crippen LogP contribution in [0.15, 0.2) is 0 Å². The van der Waals surface area contributed by atoms with Gasteiger partial charge >= 0.3 is 0 Å². The molecule has 0 aromatic carbocycles. The van der Waals surface area contributed by atoms with E-state index in [0.717, 1.165) is 26.1 Å². The van der Waals surface area contributed by atoms with Crippen LogP contribution in [-0.2, 0) is 0 Å². The van der Waals surface area contributed by atoms with Gasteiger partial charge in [0.15, 0.2) is 0 Å². The summed E-state index contributed by atoms with van der Waals surface area (Å²) in [4.78, 5) is 15.0. The lowest BCUT2D eigenvalue weighted by atomic mass is 10.3. The van der Waals surface area contributed by atoms with E-state index < -0.39 is 0 Å². The molecule has 7 nitrogen and oxygen atoms in total. The molecule has 0 aliphatic heterocycles. The molecule has 20 heavy (non-hydrogen) atoms. The van der Waals surface area contributed by atoms with Gasteiger partial charge in [-0.25, -0.2) is 5.84 Å². The number of rotatable bonds is 9. The third-order valence-electron chi connectivity index (χ3n) is 3.04. The SMILES string of the molecule is CCN(CC)c1nc(NN)nc(NCCC(C)SC)n1. The van der Waals surface area contributed by atoms with E-state index >= 15 is 0 Å². The summed E-state index contributed by atoms with van der Waals surface area (Å²) in [6.45, 7) is 8.84. The van der Waals surface area contributed by atoms with E-state index in [1.165, 1.54) is 0 Å². The highest BCUT2D eigenvalue weighted by Gasteiger charge is 2.10. The van der Waals surface area contributed by atoms with Crippen molar-refractivity contribution in [3.63, 3.8) is 0 Å². The van der Waals surface area contributed by atoms with E-state index in [9.17, 15) is 0 Å². The van der Waals surface area contributed by atoms with Gasteiger partial charge in [0.1, 0.15) is 0 Å². The van der Waals surface area contributed by atoms with Crippen molar-refractivity contribution < 1.29 is 0 Å². The number of nitrogens with two attached hydrogens (primary N) is 1. The van der Waals surface area contributed by atoms with Gasteiger partial charge in [-0.05, 0) is 26.5 Å². The Balaban J connectivity index is 2.77. The van der Waals surface area contributed by atoms with E-state index in [0.29, 0.717) is 23.1 Å². The van der Waals surface area contributed by atoms with Gasteiger partial charge in [-0.15, -0.1) is 0 Å². The fourth-order valence-corrected chi connectivity index (χ4v) is 2.01.